The first-order valence-corrected chi connectivity index (χ1v) is 18.2. The Balaban J connectivity index is 2.61. The Morgan fingerprint density at radius 2 is 1.16 bits per heavy atom. The SMILES string of the molecule is CCCCCCCCCCCC(=O)O[C@H](COC(=O)CCCCCCCCC)CO[C@H]1O[C@H](CS(=O)(=O)O)[C@@H](O)C(O)C1O. The van der Waals surface area contributed by atoms with Crippen LogP contribution in [0.2, 0.25) is 0 Å². The minimum atomic E-state index is -4.58. The van der Waals surface area contributed by atoms with E-state index in [4.69, 9.17) is 23.5 Å². The van der Waals surface area contributed by atoms with Crippen LogP contribution >= 0.6 is 0 Å². The van der Waals surface area contributed by atoms with Crippen molar-refractivity contribution in [3.05, 3.63) is 0 Å². The van der Waals surface area contributed by atoms with Crippen LogP contribution in [0.5, 0.6) is 0 Å². The van der Waals surface area contributed by atoms with E-state index in [1.807, 2.05) is 0 Å². The summed E-state index contributed by atoms with van der Waals surface area (Å²) in [6, 6.07) is 0. The van der Waals surface area contributed by atoms with Crippen LogP contribution < -0.4 is 0 Å². The van der Waals surface area contributed by atoms with Gasteiger partial charge in [-0.1, -0.05) is 104 Å². The van der Waals surface area contributed by atoms with E-state index in [9.17, 15) is 33.3 Å². The molecule has 12 nitrogen and oxygen atoms in total. The van der Waals surface area contributed by atoms with E-state index >= 15 is 0 Å². The average molecular weight is 655 g/mol. The van der Waals surface area contributed by atoms with Crippen molar-refractivity contribution in [3.8, 4) is 0 Å². The molecular weight excluding hydrogens is 596 g/mol. The Labute approximate surface area is 263 Å². The number of rotatable bonds is 26. The van der Waals surface area contributed by atoms with Crippen LogP contribution in [0.1, 0.15) is 129 Å². The maximum absolute atomic E-state index is 12.6. The van der Waals surface area contributed by atoms with Gasteiger partial charge in [0.05, 0.1) is 6.61 Å². The molecule has 0 bridgehead atoms. The summed E-state index contributed by atoms with van der Waals surface area (Å²) in [5.41, 5.74) is 0. The highest BCUT2D eigenvalue weighted by atomic mass is 32.2. The quantitative estimate of drug-likeness (QED) is 0.0592. The Morgan fingerprint density at radius 1 is 0.682 bits per heavy atom. The Kier molecular flexibility index (Phi) is 22.1. The van der Waals surface area contributed by atoms with Gasteiger partial charge in [0.25, 0.3) is 10.1 Å². The van der Waals surface area contributed by atoms with Crippen LogP contribution in [0, 0.1) is 0 Å². The van der Waals surface area contributed by atoms with E-state index in [0.717, 1.165) is 38.5 Å². The standard InChI is InChI=1S/C31H58O12S/c1-3-5-7-9-11-12-14-16-18-20-27(33)42-24(21-40-26(32)19-17-15-13-10-8-6-4-2)22-41-31-30(36)29(35)28(34)25(43-31)23-44(37,38)39/h24-25,28-31,34-36H,3-23H2,1-2H3,(H,37,38,39)/t24-,25-,28-,29?,30?,31+/m1/s1. The van der Waals surface area contributed by atoms with Crippen molar-refractivity contribution >= 4 is 22.1 Å². The topological polar surface area (TPSA) is 186 Å². The Hall–Kier alpha value is -1.35. The maximum Gasteiger partial charge on any atom is 0.306 e. The van der Waals surface area contributed by atoms with Gasteiger partial charge in [-0.2, -0.15) is 8.42 Å². The molecule has 44 heavy (non-hydrogen) atoms. The van der Waals surface area contributed by atoms with E-state index in [0.29, 0.717) is 12.8 Å². The molecular formula is C31H58O12S. The number of esters is 2. The highest BCUT2D eigenvalue weighted by molar-refractivity contribution is 7.85. The number of carbonyl (C=O) groups excluding carboxylic acids is 2. The third-order valence-electron chi connectivity index (χ3n) is 7.69. The molecule has 0 aromatic rings. The number of aliphatic hydroxyl groups is 3. The summed E-state index contributed by atoms with van der Waals surface area (Å²) in [5.74, 6) is -1.99. The van der Waals surface area contributed by atoms with Crippen LogP contribution in [-0.4, -0.2) is 96.0 Å². The molecule has 13 heteroatoms. The normalized spacial score (nSPS) is 22.9. The van der Waals surface area contributed by atoms with Crippen molar-refractivity contribution in [3.63, 3.8) is 0 Å². The molecule has 6 atom stereocenters. The molecule has 260 valence electrons. The molecule has 0 spiro atoms. The zero-order valence-corrected chi connectivity index (χ0v) is 27.6. The fourth-order valence-electron chi connectivity index (χ4n) is 5.03. The van der Waals surface area contributed by atoms with Crippen LogP contribution in [0.15, 0.2) is 0 Å². The first-order chi connectivity index (χ1) is 21.0. The summed E-state index contributed by atoms with van der Waals surface area (Å²) >= 11 is 0. The van der Waals surface area contributed by atoms with Gasteiger partial charge in [0.2, 0.25) is 0 Å². The average Bonchev–Trinajstić information content (AvgIpc) is 2.97. The lowest BCUT2D eigenvalue weighted by atomic mass is 10.00. The molecule has 1 rings (SSSR count). The molecule has 0 saturated carbocycles. The highest BCUT2D eigenvalue weighted by Crippen LogP contribution is 2.24. The van der Waals surface area contributed by atoms with Gasteiger partial charge in [-0.3, -0.25) is 14.1 Å². The van der Waals surface area contributed by atoms with Crippen molar-refractivity contribution < 1.29 is 56.8 Å². The number of ether oxygens (including phenoxy) is 4. The second-order valence-corrected chi connectivity index (χ2v) is 13.3. The molecule has 2 unspecified atom stereocenters. The second kappa shape index (κ2) is 23.9. The molecule has 0 aliphatic carbocycles. The molecule has 1 aliphatic rings. The summed E-state index contributed by atoms with van der Waals surface area (Å²) in [7, 11) is -4.58. The smallest absolute Gasteiger partial charge is 0.306 e. The summed E-state index contributed by atoms with van der Waals surface area (Å²) in [6.45, 7) is 3.63. The third kappa shape index (κ3) is 19.2. The minimum absolute atomic E-state index is 0.169. The van der Waals surface area contributed by atoms with Crippen molar-refractivity contribution in [1.29, 1.82) is 0 Å². The largest absolute Gasteiger partial charge is 0.462 e. The van der Waals surface area contributed by atoms with Crippen molar-refractivity contribution in [2.45, 2.75) is 166 Å². The maximum atomic E-state index is 12.6. The first-order valence-electron chi connectivity index (χ1n) is 16.6. The van der Waals surface area contributed by atoms with Crippen molar-refractivity contribution in [2.75, 3.05) is 19.0 Å². The zero-order chi connectivity index (χ0) is 32.8. The molecule has 1 aliphatic heterocycles. The minimum Gasteiger partial charge on any atom is -0.462 e. The molecule has 0 aromatic carbocycles. The molecule has 0 amide bonds. The van der Waals surface area contributed by atoms with Crippen molar-refractivity contribution in [2.24, 2.45) is 0 Å². The van der Waals surface area contributed by atoms with Gasteiger partial charge in [-0.15, -0.1) is 0 Å². The predicted molar refractivity (Wildman–Crippen MR) is 164 cm³/mol. The third-order valence-corrected chi connectivity index (χ3v) is 8.44. The van der Waals surface area contributed by atoms with Crippen LogP contribution in [0.25, 0.3) is 0 Å². The lowest BCUT2D eigenvalue weighted by Crippen LogP contribution is -2.60. The predicted octanol–water partition coefficient (Wildman–Crippen LogP) is 4.22. The molecule has 0 aromatic heterocycles. The molecule has 0 radical (unpaired) electrons. The number of aliphatic hydroxyl groups excluding tert-OH is 3. The summed E-state index contributed by atoms with van der Waals surface area (Å²) in [6.07, 6.45) is 7.86. The Morgan fingerprint density at radius 3 is 1.66 bits per heavy atom. The fourth-order valence-corrected chi connectivity index (χ4v) is 5.72. The fraction of sp³-hybridized carbons (Fsp3) is 0.935. The van der Waals surface area contributed by atoms with Crippen LogP contribution in [-0.2, 0) is 38.7 Å². The molecule has 4 N–H and O–H groups in total. The first kappa shape index (κ1) is 40.7. The number of unbranched alkanes of at least 4 members (excludes halogenated alkanes) is 14. The molecule has 1 fully saturated rings. The van der Waals surface area contributed by atoms with Crippen molar-refractivity contribution in [1.82, 2.24) is 0 Å². The van der Waals surface area contributed by atoms with Gasteiger partial charge >= 0.3 is 11.9 Å². The van der Waals surface area contributed by atoms with E-state index in [1.54, 1.807) is 0 Å². The molecule has 1 saturated heterocycles. The number of hydrogen-bond donors (Lipinski definition) is 4. The monoisotopic (exact) mass is 654 g/mol. The molecule has 1 heterocycles. The van der Waals surface area contributed by atoms with E-state index in [1.165, 1.54) is 51.4 Å². The van der Waals surface area contributed by atoms with Gasteiger partial charge in [-0.25, -0.2) is 0 Å². The summed E-state index contributed by atoms with van der Waals surface area (Å²) < 4.78 is 53.4. The Bertz CT molecular complexity index is 868. The summed E-state index contributed by atoms with van der Waals surface area (Å²) in [4.78, 5) is 24.9. The van der Waals surface area contributed by atoms with Crippen LogP contribution in [0.3, 0.4) is 0 Å². The van der Waals surface area contributed by atoms with Gasteiger partial charge < -0.3 is 34.3 Å². The van der Waals surface area contributed by atoms with E-state index < -0.39 is 71.2 Å². The lowest BCUT2D eigenvalue weighted by molar-refractivity contribution is -0.297. The summed E-state index contributed by atoms with van der Waals surface area (Å²) in [5, 5.41) is 30.5. The van der Waals surface area contributed by atoms with Gasteiger partial charge in [0.1, 0.15) is 36.8 Å². The van der Waals surface area contributed by atoms with Gasteiger partial charge in [-0.05, 0) is 12.8 Å². The number of carbonyl (C=O) groups is 2. The highest BCUT2D eigenvalue weighted by Gasteiger charge is 2.46. The number of hydrogen-bond acceptors (Lipinski definition) is 11. The van der Waals surface area contributed by atoms with Crippen LogP contribution in [0.4, 0.5) is 0 Å². The van der Waals surface area contributed by atoms with E-state index in [-0.39, 0.29) is 19.4 Å². The van der Waals surface area contributed by atoms with Gasteiger partial charge in [0.15, 0.2) is 12.4 Å². The lowest BCUT2D eigenvalue weighted by Gasteiger charge is -2.40. The van der Waals surface area contributed by atoms with E-state index in [2.05, 4.69) is 13.8 Å². The van der Waals surface area contributed by atoms with Gasteiger partial charge in [0, 0.05) is 12.8 Å². The zero-order valence-electron chi connectivity index (χ0n) is 26.8. The second-order valence-electron chi connectivity index (χ2n) is 11.8.